The molecule has 0 spiro atoms. The van der Waals surface area contributed by atoms with Crippen LogP contribution in [0.1, 0.15) is 25.1 Å². The summed E-state index contributed by atoms with van der Waals surface area (Å²) in [5, 5.41) is 15.6. The summed E-state index contributed by atoms with van der Waals surface area (Å²) in [6.07, 6.45) is 3.58. The van der Waals surface area contributed by atoms with Crippen LogP contribution in [0, 0.1) is 0 Å². The molecule has 3 heterocycles. The van der Waals surface area contributed by atoms with Gasteiger partial charge >= 0.3 is 5.69 Å². The predicted octanol–water partition coefficient (Wildman–Crippen LogP) is 1.74. The van der Waals surface area contributed by atoms with E-state index in [1.807, 2.05) is 24.3 Å². The minimum atomic E-state index is -0.134. The SMILES string of the molecule is COc1ccc(-c2nnc(SCC(=O)NCCCn3nc4n(c3=O)CCCC4)o2)cc1. The molecule has 1 amide bonds. The van der Waals surface area contributed by atoms with Crippen molar-refractivity contribution in [2.45, 2.75) is 44.0 Å². The molecule has 0 atom stereocenters. The number of ether oxygens (including phenoxy) is 1. The summed E-state index contributed by atoms with van der Waals surface area (Å²) in [5.41, 5.74) is 0.724. The highest BCUT2D eigenvalue weighted by Crippen LogP contribution is 2.24. The molecule has 10 nitrogen and oxygen atoms in total. The van der Waals surface area contributed by atoms with Crippen molar-refractivity contribution in [3.63, 3.8) is 0 Å². The third kappa shape index (κ3) is 5.16. The van der Waals surface area contributed by atoms with Crippen LogP contribution in [0.4, 0.5) is 0 Å². The van der Waals surface area contributed by atoms with Crippen LogP contribution in [0.25, 0.3) is 11.5 Å². The first-order valence-corrected chi connectivity index (χ1v) is 11.2. The van der Waals surface area contributed by atoms with E-state index in [-0.39, 0.29) is 17.3 Å². The molecule has 0 saturated carbocycles. The van der Waals surface area contributed by atoms with Gasteiger partial charge in [-0.2, -0.15) is 5.10 Å². The Hall–Kier alpha value is -3.08. The Morgan fingerprint density at radius 2 is 2.10 bits per heavy atom. The lowest BCUT2D eigenvalue weighted by Crippen LogP contribution is -2.30. The Kier molecular flexibility index (Phi) is 6.70. The maximum Gasteiger partial charge on any atom is 0.345 e. The van der Waals surface area contributed by atoms with Crippen LogP contribution in [0.2, 0.25) is 0 Å². The van der Waals surface area contributed by atoms with Crippen molar-refractivity contribution < 1.29 is 13.9 Å². The number of nitrogens with zero attached hydrogens (tertiary/aromatic N) is 5. The van der Waals surface area contributed by atoms with Crippen molar-refractivity contribution in [1.82, 2.24) is 29.9 Å². The van der Waals surface area contributed by atoms with Gasteiger partial charge in [-0.25, -0.2) is 9.48 Å². The maximum atomic E-state index is 12.3. The summed E-state index contributed by atoms with van der Waals surface area (Å²) in [6.45, 7) is 1.70. The number of benzene rings is 1. The van der Waals surface area contributed by atoms with Crippen LogP contribution in [-0.2, 0) is 24.3 Å². The number of aryl methyl sites for hydroxylation is 2. The molecule has 1 aromatic carbocycles. The molecule has 0 fully saturated rings. The fourth-order valence-corrected chi connectivity index (χ4v) is 3.94. The topological polar surface area (TPSA) is 117 Å². The van der Waals surface area contributed by atoms with Gasteiger partial charge in [0.1, 0.15) is 11.6 Å². The molecule has 0 saturated heterocycles. The van der Waals surface area contributed by atoms with E-state index < -0.39 is 0 Å². The highest BCUT2D eigenvalue weighted by atomic mass is 32.2. The smallest absolute Gasteiger partial charge is 0.345 e. The van der Waals surface area contributed by atoms with Gasteiger partial charge in [-0.3, -0.25) is 9.36 Å². The molecule has 0 bridgehead atoms. The van der Waals surface area contributed by atoms with E-state index in [1.165, 1.54) is 16.4 Å². The second-order valence-corrected chi connectivity index (χ2v) is 8.05. The monoisotopic (exact) mass is 444 g/mol. The van der Waals surface area contributed by atoms with Crippen molar-refractivity contribution in [3.8, 4) is 17.2 Å². The fourth-order valence-electron chi connectivity index (χ4n) is 3.35. The van der Waals surface area contributed by atoms with Crippen LogP contribution >= 0.6 is 11.8 Å². The maximum absolute atomic E-state index is 12.3. The number of rotatable bonds is 9. The van der Waals surface area contributed by atoms with E-state index >= 15 is 0 Å². The Morgan fingerprint density at radius 3 is 2.87 bits per heavy atom. The van der Waals surface area contributed by atoms with Crippen molar-refractivity contribution in [3.05, 3.63) is 40.6 Å². The number of amides is 1. The van der Waals surface area contributed by atoms with Crippen LogP contribution in [-0.4, -0.2) is 49.9 Å². The van der Waals surface area contributed by atoms with Gasteiger partial charge in [0.05, 0.1) is 12.9 Å². The van der Waals surface area contributed by atoms with Gasteiger partial charge in [0.2, 0.25) is 11.8 Å². The van der Waals surface area contributed by atoms with E-state index in [9.17, 15) is 9.59 Å². The third-order valence-corrected chi connectivity index (χ3v) is 5.79. The van der Waals surface area contributed by atoms with Crippen LogP contribution < -0.4 is 15.7 Å². The van der Waals surface area contributed by atoms with E-state index in [0.717, 1.165) is 42.9 Å². The third-order valence-electron chi connectivity index (χ3n) is 4.97. The Bertz CT molecular complexity index is 1090. The van der Waals surface area contributed by atoms with Gasteiger partial charge in [-0.1, -0.05) is 11.8 Å². The van der Waals surface area contributed by atoms with Crippen molar-refractivity contribution in [2.24, 2.45) is 0 Å². The molecule has 4 rings (SSSR count). The summed E-state index contributed by atoms with van der Waals surface area (Å²) in [7, 11) is 1.60. The molecule has 0 aliphatic carbocycles. The van der Waals surface area contributed by atoms with E-state index in [0.29, 0.717) is 30.6 Å². The lowest BCUT2D eigenvalue weighted by molar-refractivity contribution is -0.118. The fraction of sp³-hybridized carbons (Fsp3) is 0.450. The number of carbonyl (C=O) groups is 1. The standard InChI is InChI=1S/C20H24N6O4S/c1-29-15-8-6-14(7-9-15)18-22-23-19(30-18)31-13-17(27)21-10-4-12-26-20(28)25-11-3-2-5-16(25)24-26/h6-9H,2-5,10-13H2,1H3,(H,21,27). The van der Waals surface area contributed by atoms with Crippen molar-refractivity contribution >= 4 is 17.7 Å². The molecule has 3 aromatic rings. The predicted molar refractivity (Wildman–Crippen MR) is 114 cm³/mol. The molecule has 11 heteroatoms. The first-order valence-electron chi connectivity index (χ1n) is 10.2. The normalized spacial score (nSPS) is 13.1. The number of hydrogen-bond acceptors (Lipinski definition) is 8. The summed E-state index contributed by atoms with van der Waals surface area (Å²) < 4.78 is 14.0. The number of fused-ring (bicyclic) bond motifs is 1. The van der Waals surface area contributed by atoms with Crippen molar-refractivity contribution in [2.75, 3.05) is 19.4 Å². The quantitative estimate of drug-likeness (QED) is 0.392. The lowest BCUT2D eigenvalue weighted by atomic mass is 10.2. The Morgan fingerprint density at radius 1 is 1.26 bits per heavy atom. The van der Waals surface area contributed by atoms with Gasteiger partial charge in [0.25, 0.3) is 5.22 Å². The minimum Gasteiger partial charge on any atom is -0.497 e. The van der Waals surface area contributed by atoms with Gasteiger partial charge in [-0.15, -0.1) is 10.2 Å². The summed E-state index contributed by atoms with van der Waals surface area (Å²) in [4.78, 5) is 24.4. The number of aromatic nitrogens is 5. The number of methoxy groups -OCH3 is 1. The van der Waals surface area contributed by atoms with Crippen molar-refractivity contribution in [1.29, 1.82) is 0 Å². The number of hydrogen-bond donors (Lipinski definition) is 1. The van der Waals surface area contributed by atoms with E-state index in [1.54, 1.807) is 11.7 Å². The summed E-state index contributed by atoms with van der Waals surface area (Å²) >= 11 is 1.18. The van der Waals surface area contributed by atoms with E-state index in [4.69, 9.17) is 9.15 Å². The lowest BCUT2D eigenvalue weighted by Gasteiger charge is -2.09. The molecule has 1 aliphatic rings. The van der Waals surface area contributed by atoms with E-state index in [2.05, 4.69) is 20.6 Å². The summed E-state index contributed by atoms with van der Waals surface area (Å²) in [6, 6.07) is 7.28. The largest absolute Gasteiger partial charge is 0.497 e. The molecular formula is C20H24N6O4S. The molecule has 0 unspecified atom stereocenters. The number of thioether (sulfide) groups is 1. The molecule has 1 aliphatic heterocycles. The highest BCUT2D eigenvalue weighted by Gasteiger charge is 2.16. The zero-order valence-electron chi connectivity index (χ0n) is 17.2. The summed E-state index contributed by atoms with van der Waals surface area (Å²) in [5.74, 6) is 2.03. The zero-order chi connectivity index (χ0) is 21.6. The van der Waals surface area contributed by atoms with Gasteiger partial charge in [0.15, 0.2) is 0 Å². The average molecular weight is 445 g/mol. The molecule has 0 radical (unpaired) electrons. The van der Waals surface area contributed by atoms with Gasteiger partial charge < -0.3 is 14.5 Å². The average Bonchev–Trinajstić information content (AvgIpc) is 3.40. The first kappa shape index (κ1) is 21.2. The molecular weight excluding hydrogens is 420 g/mol. The molecule has 31 heavy (non-hydrogen) atoms. The minimum absolute atomic E-state index is 0.0550. The Labute approximate surface area is 183 Å². The highest BCUT2D eigenvalue weighted by molar-refractivity contribution is 7.99. The zero-order valence-corrected chi connectivity index (χ0v) is 18.1. The number of carbonyl (C=O) groups excluding carboxylic acids is 1. The Balaban J connectivity index is 1.19. The first-order chi connectivity index (χ1) is 15.1. The van der Waals surface area contributed by atoms with Gasteiger partial charge in [0, 0.05) is 31.6 Å². The second-order valence-electron chi connectivity index (χ2n) is 7.12. The molecule has 164 valence electrons. The number of nitrogens with one attached hydrogen (secondary N) is 1. The van der Waals surface area contributed by atoms with Crippen LogP contribution in [0.3, 0.4) is 0 Å². The molecule has 2 aromatic heterocycles. The van der Waals surface area contributed by atoms with Crippen LogP contribution in [0.15, 0.2) is 38.7 Å². The second kappa shape index (κ2) is 9.82. The molecule has 1 N–H and O–H groups in total. The van der Waals surface area contributed by atoms with Crippen LogP contribution in [0.5, 0.6) is 5.75 Å². The van der Waals surface area contributed by atoms with Gasteiger partial charge in [-0.05, 0) is 43.5 Å².